The molecule has 0 bridgehead atoms. The Morgan fingerprint density at radius 3 is 2.31 bits per heavy atom. The quantitative estimate of drug-likeness (QED) is 0.560. The highest BCUT2D eigenvalue weighted by molar-refractivity contribution is 5.90. The fourth-order valence-electron chi connectivity index (χ4n) is 1.19. The van der Waals surface area contributed by atoms with Gasteiger partial charge in [-0.15, -0.1) is 12.3 Å². The largest absolute Gasteiger partial charge is 0.480 e. The molecule has 0 saturated heterocycles. The molecule has 0 aromatic heterocycles. The summed E-state index contributed by atoms with van der Waals surface area (Å²) < 4.78 is 0. The van der Waals surface area contributed by atoms with Crippen LogP contribution in [-0.2, 0) is 9.59 Å². The van der Waals surface area contributed by atoms with Gasteiger partial charge in [0.15, 0.2) is 0 Å². The molecule has 0 rings (SSSR count). The van der Waals surface area contributed by atoms with Gasteiger partial charge in [-0.1, -0.05) is 13.8 Å². The van der Waals surface area contributed by atoms with E-state index in [1.807, 2.05) is 0 Å². The smallest absolute Gasteiger partial charge is 0.327 e. The molecule has 5 nitrogen and oxygen atoms in total. The van der Waals surface area contributed by atoms with Gasteiger partial charge in [-0.25, -0.2) is 4.79 Å². The first-order chi connectivity index (χ1) is 7.41. The molecule has 5 heteroatoms. The van der Waals surface area contributed by atoms with Crippen molar-refractivity contribution in [2.24, 2.45) is 5.73 Å². The molecule has 0 aliphatic carbocycles. The lowest BCUT2D eigenvalue weighted by atomic mass is 9.92. The first-order valence-electron chi connectivity index (χ1n) is 5.17. The zero-order valence-corrected chi connectivity index (χ0v) is 9.62. The van der Waals surface area contributed by atoms with Crippen LogP contribution < -0.4 is 11.1 Å². The normalized spacial score (nSPS) is 12.6. The summed E-state index contributed by atoms with van der Waals surface area (Å²) in [5, 5.41) is 11.2. The molecule has 0 aliphatic rings. The summed E-state index contributed by atoms with van der Waals surface area (Å²) in [7, 11) is 0. The SMILES string of the molecule is C#CCC(NC(=O)C(N)(CC)CC)C(=O)O. The van der Waals surface area contributed by atoms with Crippen LogP contribution in [0.15, 0.2) is 0 Å². The number of rotatable bonds is 6. The minimum absolute atomic E-state index is 0.0510. The molecule has 0 saturated carbocycles. The summed E-state index contributed by atoms with van der Waals surface area (Å²) in [6.45, 7) is 3.56. The molecular formula is C11H18N2O3. The molecule has 1 unspecified atom stereocenters. The Morgan fingerprint density at radius 1 is 1.50 bits per heavy atom. The number of carbonyl (C=O) groups excluding carboxylic acids is 1. The van der Waals surface area contributed by atoms with Crippen LogP contribution in [0.4, 0.5) is 0 Å². The van der Waals surface area contributed by atoms with E-state index < -0.39 is 23.5 Å². The van der Waals surface area contributed by atoms with Crippen LogP contribution in [0.1, 0.15) is 33.1 Å². The van der Waals surface area contributed by atoms with E-state index in [1.54, 1.807) is 13.8 Å². The van der Waals surface area contributed by atoms with Crippen LogP contribution in [0.25, 0.3) is 0 Å². The summed E-state index contributed by atoms with van der Waals surface area (Å²) in [4.78, 5) is 22.5. The molecule has 0 fully saturated rings. The van der Waals surface area contributed by atoms with Gasteiger partial charge in [0.25, 0.3) is 0 Å². The number of carboxylic acids is 1. The first kappa shape index (κ1) is 14.5. The molecule has 0 heterocycles. The Bertz CT molecular complexity index is 303. The highest BCUT2D eigenvalue weighted by Gasteiger charge is 2.32. The van der Waals surface area contributed by atoms with Crippen molar-refractivity contribution in [1.82, 2.24) is 5.32 Å². The Kier molecular flexibility index (Phi) is 5.54. The summed E-state index contributed by atoms with van der Waals surface area (Å²) in [6, 6.07) is -1.07. The number of aliphatic carboxylic acids is 1. The third-order valence-corrected chi connectivity index (χ3v) is 2.64. The predicted molar refractivity (Wildman–Crippen MR) is 60.5 cm³/mol. The second-order valence-corrected chi connectivity index (χ2v) is 3.64. The van der Waals surface area contributed by atoms with Crippen LogP contribution in [0, 0.1) is 12.3 Å². The molecule has 0 aliphatic heterocycles. The van der Waals surface area contributed by atoms with Crippen molar-refractivity contribution in [1.29, 1.82) is 0 Å². The van der Waals surface area contributed by atoms with Gasteiger partial charge in [-0.3, -0.25) is 4.79 Å². The fraction of sp³-hybridized carbons (Fsp3) is 0.636. The minimum atomic E-state index is -1.15. The standard InChI is InChI=1S/C11H18N2O3/c1-4-7-8(9(14)15)13-10(16)11(12,5-2)6-3/h1,8H,5-7,12H2,2-3H3,(H,13,16)(H,14,15). The number of terminal acetylenes is 1. The topological polar surface area (TPSA) is 92.4 Å². The number of carbonyl (C=O) groups is 2. The van der Waals surface area contributed by atoms with E-state index in [0.29, 0.717) is 12.8 Å². The van der Waals surface area contributed by atoms with Gasteiger partial charge in [0.2, 0.25) is 5.91 Å². The molecule has 0 radical (unpaired) electrons. The van der Waals surface area contributed by atoms with E-state index in [9.17, 15) is 9.59 Å². The van der Waals surface area contributed by atoms with Crippen LogP contribution in [0.3, 0.4) is 0 Å². The van der Waals surface area contributed by atoms with E-state index in [1.165, 1.54) is 0 Å². The lowest BCUT2D eigenvalue weighted by molar-refractivity contribution is -0.142. The second-order valence-electron chi connectivity index (χ2n) is 3.64. The molecule has 0 spiro atoms. The molecule has 1 atom stereocenters. The Morgan fingerprint density at radius 2 is 2.00 bits per heavy atom. The summed E-state index contributed by atoms with van der Waals surface area (Å²) >= 11 is 0. The third-order valence-electron chi connectivity index (χ3n) is 2.64. The van der Waals surface area contributed by atoms with Gasteiger partial charge < -0.3 is 16.2 Å². The number of amides is 1. The molecular weight excluding hydrogens is 208 g/mol. The van der Waals surface area contributed by atoms with E-state index in [2.05, 4.69) is 11.2 Å². The van der Waals surface area contributed by atoms with Crippen molar-refractivity contribution in [3.05, 3.63) is 0 Å². The lowest BCUT2D eigenvalue weighted by Gasteiger charge is -2.26. The van der Waals surface area contributed by atoms with E-state index in [0.717, 1.165) is 0 Å². The molecule has 0 aromatic carbocycles. The number of hydrogen-bond donors (Lipinski definition) is 3. The van der Waals surface area contributed by atoms with E-state index >= 15 is 0 Å². The monoisotopic (exact) mass is 226 g/mol. The Balaban J connectivity index is 4.64. The van der Waals surface area contributed by atoms with Gasteiger partial charge in [0, 0.05) is 6.42 Å². The highest BCUT2D eigenvalue weighted by Crippen LogP contribution is 2.11. The highest BCUT2D eigenvalue weighted by atomic mass is 16.4. The maximum atomic E-state index is 11.7. The molecule has 90 valence electrons. The molecule has 1 amide bonds. The average molecular weight is 226 g/mol. The number of nitrogens with one attached hydrogen (secondary N) is 1. The van der Waals surface area contributed by atoms with Crippen LogP contribution in [-0.4, -0.2) is 28.6 Å². The maximum absolute atomic E-state index is 11.7. The summed E-state index contributed by atoms with van der Waals surface area (Å²) in [5.41, 5.74) is 4.80. The van der Waals surface area contributed by atoms with Crippen molar-refractivity contribution in [2.75, 3.05) is 0 Å². The minimum Gasteiger partial charge on any atom is -0.480 e. The zero-order valence-electron chi connectivity index (χ0n) is 9.62. The number of carboxylic acid groups (broad SMARTS) is 1. The van der Waals surface area contributed by atoms with Crippen LogP contribution in [0.5, 0.6) is 0 Å². The second kappa shape index (κ2) is 6.13. The summed E-state index contributed by atoms with van der Waals surface area (Å²) in [6.07, 6.45) is 5.85. The molecule has 16 heavy (non-hydrogen) atoms. The first-order valence-corrected chi connectivity index (χ1v) is 5.17. The average Bonchev–Trinajstić information content (AvgIpc) is 2.26. The number of hydrogen-bond acceptors (Lipinski definition) is 3. The van der Waals surface area contributed by atoms with Gasteiger partial charge in [0.1, 0.15) is 6.04 Å². The molecule has 0 aromatic rings. The van der Waals surface area contributed by atoms with Crippen LogP contribution >= 0.6 is 0 Å². The van der Waals surface area contributed by atoms with E-state index in [-0.39, 0.29) is 6.42 Å². The van der Waals surface area contributed by atoms with Gasteiger partial charge in [-0.2, -0.15) is 0 Å². The van der Waals surface area contributed by atoms with Gasteiger partial charge in [0.05, 0.1) is 5.54 Å². The number of nitrogens with two attached hydrogens (primary N) is 1. The van der Waals surface area contributed by atoms with Gasteiger partial charge in [-0.05, 0) is 12.8 Å². The van der Waals surface area contributed by atoms with Crippen molar-refractivity contribution < 1.29 is 14.7 Å². The van der Waals surface area contributed by atoms with E-state index in [4.69, 9.17) is 17.3 Å². The Labute approximate surface area is 95.4 Å². The van der Waals surface area contributed by atoms with Crippen LogP contribution in [0.2, 0.25) is 0 Å². The third kappa shape index (κ3) is 3.55. The Hall–Kier alpha value is -1.54. The van der Waals surface area contributed by atoms with Crippen molar-refractivity contribution in [3.63, 3.8) is 0 Å². The maximum Gasteiger partial charge on any atom is 0.327 e. The predicted octanol–water partition coefficient (Wildman–Crippen LogP) is 0.0966. The van der Waals surface area contributed by atoms with Crippen molar-refractivity contribution in [2.45, 2.75) is 44.7 Å². The lowest BCUT2D eigenvalue weighted by Crippen LogP contribution is -2.56. The zero-order chi connectivity index (χ0) is 12.8. The van der Waals surface area contributed by atoms with Gasteiger partial charge >= 0.3 is 5.97 Å². The van der Waals surface area contributed by atoms with Crippen molar-refractivity contribution >= 4 is 11.9 Å². The molecule has 4 N–H and O–H groups in total. The summed E-state index contributed by atoms with van der Waals surface area (Å²) in [5.74, 6) is 0.582. The fourth-order valence-corrected chi connectivity index (χ4v) is 1.19. The van der Waals surface area contributed by atoms with Crippen molar-refractivity contribution in [3.8, 4) is 12.3 Å².